The van der Waals surface area contributed by atoms with Gasteiger partial charge in [-0.3, -0.25) is 9.59 Å². The molecule has 0 fully saturated rings. The molecule has 0 saturated heterocycles. The van der Waals surface area contributed by atoms with Crippen LogP contribution >= 0.6 is 11.6 Å². The molecule has 1 heterocycles. The molecule has 0 radical (unpaired) electrons. The molecular formula is C19H16ClF3N2O6. The van der Waals surface area contributed by atoms with Crippen molar-refractivity contribution in [2.75, 3.05) is 18.5 Å². The van der Waals surface area contributed by atoms with E-state index in [1.165, 1.54) is 36.5 Å². The molecule has 0 saturated carbocycles. The Labute approximate surface area is 179 Å². The number of nitrogens with zero attached hydrogens (tertiary/aromatic N) is 1. The summed E-state index contributed by atoms with van der Waals surface area (Å²) in [5.41, 5.74) is 0.0391. The van der Waals surface area contributed by atoms with E-state index in [-0.39, 0.29) is 34.7 Å². The molecule has 0 spiro atoms. The minimum atomic E-state index is -5.11. The number of Topliss-reactive ketones (excluding diaryl/α,β-unsaturated/α-hetero) is 1. The number of ketones is 1. The third kappa shape index (κ3) is 7.45. The van der Waals surface area contributed by atoms with Crippen molar-refractivity contribution in [2.45, 2.75) is 19.5 Å². The molecule has 0 atom stereocenters. The lowest BCUT2D eigenvalue weighted by atomic mass is 10.2. The predicted molar refractivity (Wildman–Crippen MR) is 102 cm³/mol. The molecule has 8 nitrogen and oxygen atoms in total. The SMILES string of the molecule is CCOC(=O)COc1ncccc1Oc1cc(NC(=O)CC(=O)C(F)(F)F)ccc1Cl. The van der Waals surface area contributed by atoms with E-state index in [9.17, 15) is 27.6 Å². The number of ether oxygens (including phenoxy) is 3. The number of hydrogen-bond acceptors (Lipinski definition) is 7. The topological polar surface area (TPSA) is 104 Å². The zero-order chi connectivity index (χ0) is 23.0. The van der Waals surface area contributed by atoms with Crippen LogP contribution in [0.2, 0.25) is 5.02 Å². The van der Waals surface area contributed by atoms with E-state index in [4.69, 9.17) is 25.8 Å². The molecule has 1 aromatic carbocycles. The Morgan fingerprint density at radius 2 is 1.90 bits per heavy atom. The molecule has 0 aliphatic carbocycles. The largest absolute Gasteiger partial charge is 0.463 e. The highest BCUT2D eigenvalue weighted by atomic mass is 35.5. The number of alkyl halides is 3. The van der Waals surface area contributed by atoms with Gasteiger partial charge in [0, 0.05) is 18.0 Å². The highest BCUT2D eigenvalue weighted by Gasteiger charge is 2.39. The highest BCUT2D eigenvalue weighted by molar-refractivity contribution is 6.32. The van der Waals surface area contributed by atoms with Gasteiger partial charge in [0.1, 0.15) is 5.75 Å². The summed E-state index contributed by atoms with van der Waals surface area (Å²) in [4.78, 5) is 38.0. The summed E-state index contributed by atoms with van der Waals surface area (Å²) in [5.74, 6) is -3.91. The molecule has 1 amide bonds. The molecule has 0 aliphatic heterocycles. The number of esters is 1. The first-order valence-electron chi connectivity index (χ1n) is 8.71. The summed E-state index contributed by atoms with van der Waals surface area (Å²) in [7, 11) is 0. The lowest BCUT2D eigenvalue weighted by Gasteiger charge is -2.13. The monoisotopic (exact) mass is 460 g/mol. The van der Waals surface area contributed by atoms with Crippen LogP contribution in [0.15, 0.2) is 36.5 Å². The lowest BCUT2D eigenvalue weighted by molar-refractivity contribution is -0.171. The summed E-state index contributed by atoms with van der Waals surface area (Å²) < 4.78 is 52.5. The minimum absolute atomic E-state index is 0.00981. The molecule has 31 heavy (non-hydrogen) atoms. The summed E-state index contributed by atoms with van der Waals surface area (Å²) >= 11 is 6.07. The van der Waals surface area contributed by atoms with Crippen molar-refractivity contribution in [3.05, 3.63) is 41.6 Å². The first-order valence-corrected chi connectivity index (χ1v) is 9.08. The van der Waals surface area contributed by atoms with E-state index in [0.29, 0.717) is 0 Å². The second kappa shape index (κ2) is 10.6. The van der Waals surface area contributed by atoms with Crippen molar-refractivity contribution < 1.29 is 41.8 Å². The van der Waals surface area contributed by atoms with Crippen LogP contribution in [0.1, 0.15) is 13.3 Å². The van der Waals surface area contributed by atoms with E-state index in [1.54, 1.807) is 6.92 Å². The van der Waals surface area contributed by atoms with Gasteiger partial charge in [-0.2, -0.15) is 13.2 Å². The summed E-state index contributed by atoms with van der Waals surface area (Å²) in [6.07, 6.45) is -5.08. The first kappa shape index (κ1) is 23.9. The van der Waals surface area contributed by atoms with Gasteiger partial charge in [-0.25, -0.2) is 9.78 Å². The van der Waals surface area contributed by atoms with Crippen molar-refractivity contribution >= 4 is 34.9 Å². The molecule has 1 N–H and O–H groups in total. The van der Waals surface area contributed by atoms with Gasteiger partial charge in [0.25, 0.3) is 5.88 Å². The van der Waals surface area contributed by atoms with Crippen LogP contribution in [-0.4, -0.2) is 42.0 Å². The normalized spacial score (nSPS) is 10.9. The zero-order valence-corrected chi connectivity index (χ0v) is 16.7. The standard InChI is InChI=1S/C19H16ClF3N2O6/c1-2-29-17(28)10-30-18-13(4-3-7-24-18)31-14-8-11(5-6-12(14)20)25-16(27)9-15(26)19(21,22)23/h3-8H,2,9-10H2,1H3,(H,25,27). The summed E-state index contributed by atoms with van der Waals surface area (Å²) in [5, 5.41) is 2.26. The Morgan fingerprint density at radius 3 is 2.58 bits per heavy atom. The molecule has 1 aromatic heterocycles. The van der Waals surface area contributed by atoms with Gasteiger partial charge in [0.2, 0.25) is 11.7 Å². The van der Waals surface area contributed by atoms with E-state index in [2.05, 4.69) is 10.3 Å². The van der Waals surface area contributed by atoms with E-state index in [1.807, 2.05) is 0 Å². The maximum atomic E-state index is 12.3. The van der Waals surface area contributed by atoms with Crippen molar-refractivity contribution in [1.29, 1.82) is 0 Å². The second-order valence-electron chi connectivity index (χ2n) is 5.79. The fourth-order valence-electron chi connectivity index (χ4n) is 2.12. The second-order valence-corrected chi connectivity index (χ2v) is 6.20. The van der Waals surface area contributed by atoms with Gasteiger partial charge in [-0.1, -0.05) is 11.6 Å². The van der Waals surface area contributed by atoms with Crippen molar-refractivity contribution in [2.24, 2.45) is 0 Å². The first-order chi connectivity index (χ1) is 14.6. The Bertz CT molecular complexity index is 968. The van der Waals surface area contributed by atoms with Crippen molar-refractivity contribution in [3.63, 3.8) is 0 Å². The molecule has 12 heteroatoms. The fraction of sp³-hybridized carbons (Fsp3) is 0.263. The number of rotatable bonds is 9. The van der Waals surface area contributed by atoms with Crippen molar-refractivity contribution in [1.82, 2.24) is 4.98 Å². The van der Waals surface area contributed by atoms with Gasteiger partial charge < -0.3 is 19.5 Å². The predicted octanol–water partition coefficient (Wildman–Crippen LogP) is 3.93. The molecular weight excluding hydrogens is 445 g/mol. The van der Waals surface area contributed by atoms with Crippen LogP contribution in [0.4, 0.5) is 18.9 Å². The van der Waals surface area contributed by atoms with Crippen LogP contribution in [0, 0.1) is 0 Å². The molecule has 0 bridgehead atoms. The third-order valence-electron chi connectivity index (χ3n) is 3.44. The molecule has 2 aromatic rings. The Balaban J connectivity index is 2.12. The number of aromatic nitrogens is 1. The number of nitrogens with one attached hydrogen (secondary N) is 1. The van der Waals surface area contributed by atoms with Gasteiger partial charge in [-0.15, -0.1) is 0 Å². The molecule has 0 unspecified atom stereocenters. The Morgan fingerprint density at radius 1 is 1.16 bits per heavy atom. The molecule has 0 aliphatic rings. The smallest absolute Gasteiger partial charge is 0.450 e. The number of benzene rings is 1. The van der Waals surface area contributed by atoms with E-state index in [0.717, 1.165) is 0 Å². The quantitative estimate of drug-likeness (QED) is 0.446. The molecule has 2 rings (SSSR count). The maximum Gasteiger partial charge on any atom is 0.450 e. The van der Waals surface area contributed by atoms with E-state index < -0.39 is 36.9 Å². The van der Waals surface area contributed by atoms with Gasteiger partial charge in [0.15, 0.2) is 12.4 Å². The number of carbonyl (C=O) groups excluding carboxylic acids is 3. The number of halogens is 4. The minimum Gasteiger partial charge on any atom is -0.463 e. The Kier molecular flexibility index (Phi) is 8.20. The van der Waals surface area contributed by atoms with Crippen LogP contribution in [-0.2, 0) is 19.1 Å². The summed E-state index contributed by atoms with van der Waals surface area (Å²) in [6.45, 7) is 1.40. The number of hydrogen-bond donors (Lipinski definition) is 1. The van der Waals surface area contributed by atoms with E-state index >= 15 is 0 Å². The average Bonchev–Trinajstić information content (AvgIpc) is 2.69. The van der Waals surface area contributed by atoms with Crippen LogP contribution in [0.3, 0.4) is 0 Å². The maximum absolute atomic E-state index is 12.3. The number of amides is 1. The van der Waals surface area contributed by atoms with Crippen LogP contribution in [0.25, 0.3) is 0 Å². The van der Waals surface area contributed by atoms with Crippen LogP contribution in [0.5, 0.6) is 17.4 Å². The Hall–Kier alpha value is -3.34. The fourth-order valence-corrected chi connectivity index (χ4v) is 2.28. The third-order valence-corrected chi connectivity index (χ3v) is 3.75. The van der Waals surface area contributed by atoms with Gasteiger partial charge in [-0.05, 0) is 31.2 Å². The number of carbonyl (C=O) groups is 3. The van der Waals surface area contributed by atoms with Crippen molar-refractivity contribution in [3.8, 4) is 17.4 Å². The zero-order valence-electron chi connectivity index (χ0n) is 16.0. The lowest BCUT2D eigenvalue weighted by Crippen LogP contribution is -2.27. The van der Waals surface area contributed by atoms with Gasteiger partial charge in [0.05, 0.1) is 18.1 Å². The number of anilines is 1. The number of pyridine rings is 1. The van der Waals surface area contributed by atoms with Gasteiger partial charge >= 0.3 is 12.1 Å². The summed E-state index contributed by atoms with van der Waals surface area (Å²) in [6, 6.07) is 6.87. The highest BCUT2D eigenvalue weighted by Crippen LogP contribution is 2.35. The average molecular weight is 461 g/mol. The van der Waals surface area contributed by atoms with Crippen LogP contribution < -0.4 is 14.8 Å². The molecule has 166 valence electrons.